The third-order valence-corrected chi connectivity index (χ3v) is 12.2. The molecule has 0 radical (unpaired) electrons. The Hall–Kier alpha value is -5.27. The fourth-order valence-electron chi connectivity index (χ4n) is 6.92. The molecule has 0 heterocycles. The number of ether oxygens (including phenoxy) is 1. The lowest BCUT2D eigenvalue weighted by atomic mass is 9.87. The standard InChI is InChI=1S/C47H63N5O7S/c1-8-33(4)43(47(56)48-29-35-18-12-9-13-19-35)51-46(55)42(32(2)3)25-24-40(31-59-30-36-20-14-10-15-21-36)50-45(54)39-26-38(27-41(28-39)52(6)60(7,57)58)44(53)49-34(5)37-22-16-11-17-23-37/h10-12,14-23,26-28,32-34,40,42-43H,8-9,13,24-25,29-31H2,1-7H3,(H,48,56)(H,49,53)(H,50,54)(H,51,55)/t33?,34-,40?,42+,43?/m1/s1. The minimum atomic E-state index is -3.75. The molecule has 3 aromatic rings. The highest BCUT2D eigenvalue weighted by molar-refractivity contribution is 7.92. The summed E-state index contributed by atoms with van der Waals surface area (Å²) < 4.78 is 32.4. The van der Waals surface area contributed by atoms with Gasteiger partial charge in [0.2, 0.25) is 21.8 Å². The first kappa shape index (κ1) is 47.4. The molecule has 0 fully saturated rings. The summed E-state index contributed by atoms with van der Waals surface area (Å²) in [6.07, 6.45) is 10.6. The van der Waals surface area contributed by atoms with E-state index in [-0.39, 0.29) is 59.7 Å². The smallest absolute Gasteiger partial charge is 0.251 e. The predicted molar refractivity (Wildman–Crippen MR) is 238 cm³/mol. The number of hydrogen-bond acceptors (Lipinski definition) is 7. The van der Waals surface area contributed by atoms with Crippen LogP contribution < -0.4 is 25.6 Å². The van der Waals surface area contributed by atoms with Crippen molar-refractivity contribution in [1.29, 1.82) is 0 Å². The topological polar surface area (TPSA) is 163 Å². The van der Waals surface area contributed by atoms with Gasteiger partial charge in [-0.1, -0.05) is 113 Å². The van der Waals surface area contributed by atoms with Crippen LogP contribution >= 0.6 is 0 Å². The van der Waals surface area contributed by atoms with Crippen LogP contribution in [0.15, 0.2) is 103 Å². The molecule has 4 N–H and O–H groups in total. The van der Waals surface area contributed by atoms with Gasteiger partial charge < -0.3 is 26.0 Å². The fourth-order valence-corrected chi connectivity index (χ4v) is 7.41. The maximum absolute atomic E-state index is 14.1. The minimum absolute atomic E-state index is 0.0774. The SMILES string of the molecule is CCC(C)C(NC(=O)[C@@H](CCC(COCc1ccccc1)NC(=O)c1cc(C(=O)N[C@H](C)c2ccccc2)cc(N(C)S(C)(=O)=O)c1)C(C)C)C(=O)NCC1=CCCC=C1. The van der Waals surface area contributed by atoms with E-state index in [1.54, 1.807) is 0 Å². The van der Waals surface area contributed by atoms with Crippen LogP contribution in [0.5, 0.6) is 0 Å². The second-order valence-electron chi connectivity index (χ2n) is 16.1. The van der Waals surface area contributed by atoms with Gasteiger partial charge in [-0.3, -0.25) is 23.5 Å². The zero-order valence-corrected chi connectivity index (χ0v) is 36.9. The lowest BCUT2D eigenvalue weighted by Crippen LogP contribution is -2.52. The first-order valence-corrected chi connectivity index (χ1v) is 22.7. The monoisotopic (exact) mass is 841 g/mol. The average Bonchev–Trinajstić information content (AvgIpc) is 3.24. The van der Waals surface area contributed by atoms with Crippen molar-refractivity contribution in [1.82, 2.24) is 21.3 Å². The van der Waals surface area contributed by atoms with Crippen molar-refractivity contribution in [2.24, 2.45) is 17.8 Å². The Morgan fingerprint density at radius 1 is 0.800 bits per heavy atom. The number of amides is 4. The summed E-state index contributed by atoms with van der Waals surface area (Å²) >= 11 is 0. The molecule has 324 valence electrons. The summed E-state index contributed by atoms with van der Waals surface area (Å²) in [5.41, 5.74) is 3.19. The largest absolute Gasteiger partial charge is 0.375 e. The van der Waals surface area contributed by atoms with Crippen molar-refractivity contribution < 1.29 is 32.3 Å². The minimum Gasteiger partial charge on any atom is -0.375 e. The second kappa shape index (κ2) is 22.9. The zero-order chi connectivity index (χ0) is 43.8. The molecule has 1 aliphatic rings. The summed E-state index contributed by atoms with van der Waals surface area (Å²) in [6, 6.07) is 21.7. The van der Waals surface area contributed by atoms with Crippen LogP contribution in [-0.2, 0) is 31.0 Å². The molecule has 5 atom stereocenters. The summed E-state index contributed by atoms with van der Waals surface area (Å²) in [7, 11) is -2.39. The van der Waals surface area contributed by atoms with Crippen LogP contribution in [0, 0.1) is 17.8 Å². The lowest BCUT2D eigenvalue weighted by Gasteiger charge is -2.29. The van der Waals surface area contributed by atoms with E-state index in [1.807, 2.05) is 101 Å². The van der Waals surface area contributed by atoms with E-state index in [9.17, 15) is 27.6 Å². The van der Waals surface area contributed by atoms with Crippen LogP contribution in [0.4, 0.5) is 5.69 Å². The third-order valence-electron chi connectivity index (χ3n) is 11.0. The quantitative estimate of drug-likeness (QED) is 0.0859. The van der Waals surface area contributed by atoms with E-state index in [4.69, 9.17) is 4.74 Å². The molecule has 3 aromatic carbocycles. The zero-order valence-electron chi connectivity index (χ0n) is 36.1. The van der Waals surface area contributed by atoms with Gasteiger partial charge in [-0.2, -0.15) is 0 Å². The predicted octanol–water partition coefficient (Wildman–Crippen LogP) is 6.86. The molecule has 0 bridgehead atoms. The molecular weight excluding hydrogens is 779 g/mol. The van der Waals surface area contributed by atoms with Crippen molar-refractivity contribution >= 4 is 39.3 Å². The summed E-state index contributed by atoms with van der Waals surface area (Å²) in [6.45, 7) is 10.5. The van der Waals surface area contributed by atoms with E-state index in [2.05, 4.69) is 33.4 Å². The number of allylic oxidation sites excluding steroid dienone is 2. The first-order valence-electron chi connectivity index (χ1n) is 20.9. The van der Waals surface area contributed by atoms with E-state index >= 15 is 0 Å². The van der Waals surface area contributed by atoms with Crippen LogP contribution in [0.2, 0.25) is 0 Å². The molecule has 0 saturated heterocycles. The average molecular weight is 842 g/mol. The summed E-state index contributed by atoms with van der Waals surface area (Å²) in [5.74, 6) is -2.19. The first-order chi connectivity index (χ1) is 28.6. The highest BCUT2D eigenvalue weighted by Gasteiger charge is 2.31. The maximum atomic E-state index is 14.1. The molecule has 1 aliphatic carbocycles. The Labute approximate surface area is 356 Å². The maximum Gasteiger partial charge on any atom is 0.251 e. The van der Waals surface area contributed by atoms with E-state index in [1.165, 1.54) is 25.2 Å². The Balaban J connectivity index is 1.55. The second-order valence-corrected chi connectivity index (χ2v) is 18.1. The molecule has 0 saturated carbocycles. The Morgan fingerprint density at radius 2 is 1.43 bits per heavy atom. The Bertz CT molecular complexity index is 2070. The van der Waals surface area contributed by atoms with E-state index in [0.717, 1.165) is 40.1 Å². The van der Waals surface area contributed by atoms with Crippen molar-refractivity contribution in [3.63, 3.8) is 0 Å². The number of rotatable bonds is 22. The van der Waals surface area contributed by atoms with Crippen LogP contribution in [0.3, 0.4) is 0 Å². The molecule has 0 aliphatic heterocycles. The van der Waals surface area contributed by atoms with Crippen molar-refractivity contribution in [3.05, 3.63) is 125 Å². The number of nitrogens with zero attached hydrogens (tertiary/aromatic N) is 1. The molecule has 60 heavy (non-hydrogen) atoms. The number of anilines is 1. The Morgan fingerprint density at radius 3 is 2.02 bits per heavy atom. The molecule has 4 rings (SSSR count). The van der Waals surface area contributed by atoms with Crippen molar-refractivity contribution in [2.75, 3.05) is 30.8 Å². The molecule has 4 amide bonds. The van der Waals surface area contributed by atoms with Crippen molar-refractivity contribution in [3.8, 4) is 0 Å². The summed E-state index contributed by atoms with van der Waals surface area (Å²) in [5, 5.41) is 12.1. The molecular formula is C47H63N5O7S. The van der Waals surface area contributed by atoms with Gasteiger partial charge in [0.1, 0.15) is 6.04 Å². The van der Waals surface area contributed by atoms with Crippen LogP contribution in [0.1, 0.15) is 105 Å². The van der Waals surface area contributed by atoms with Crippen LogP contribution in [-0.4, -0.2) is 70.6 Å². The van der Waals surface area contributed by atoms with E-state index < -0.39 is 39.8 Å². The van der Waals surface area contributed by atoms with Gasteiger partial charge in [0.05, 0.1) is 37.2 Å². The number of carbonyl (C=O) groups is 4. The molecule has 0 aromatic heterocycles. The molecule has 3 unspecified atom stereocenters. The third kappa shape index (κ3) is 14.5. The highest BCUT2D eigenvalue weighted by Crippen LogP contribution is 2.24. The molecule has 0 spiro atoms. The number of hydrogen-bond donors (Lipinski definition) is 4. The van der Waals surface area contributed by atoms with Gasteiger partial charge in [-0.15, -0.1) is 0 Å². The molecule has 13 heteroatoms. The lowest BCUT2D eigenvalue weighted by molar-refractivity contribution is -0.133. The number of benzene rings is 3. The normalized spacial score (nSPS) is 15.2. The molecule has 12 nitrogen and oxygen atoms in total. The van der Waals surface area contributed by atoms with Crippen molar-refractivity contribution in [2.45, 2.75) is 91.5 Å². The van der Waals surface area contributed by atoms with Gasteiger partial charge in [-0.05, 0) is 79.3 Å². The van der Waals surface area contributed by atoms with Crippen LogP contribution in [0.25, 0.3) is 0 Å². The van der Waals surface area contributed by atoms with Gasteiger partial charge in [0.25, 0.3) is 11.8 Å². The fraction of sp³-hybridized carbons (Fsp3) is 0.447. The number of nitrogens with one attached hydrogen (secondary N) is 4. The number of sulfonamides is 1. The highest BCUT2D eigenvalue weighted by atomic mass is 32.2. The Kier molecular flexibility index (Phi) is 18.1. The summed E-state index contributed by atoms with van der Waals surface area (Å²) in [4.78, 5) is 55.3. The van der Waals surface area contributed by atoms with Gasteiger partial charge in [0.15, 0.2) is 0 Å². The van der Waals surface area contributed by atoms with Gasteiger partial charge in [0, 0.05) is 30.6 Å². The number of carbonyl (C=O) groups excluding carboxylic acids is 4. The van der Waals surface area contributed by atoms with E-state index in [0.29, 0.717) is 25.8 Å². The van der Waals surface area contributed by atoms with Gasteiger partial charge in [-0.25, -0.2) is 8.42 Å². The van der Waals surface area contributed by atoms with Gasteiger partial charge >= 0.3 is 0 Å².